The Labute approximate surface area is 93.5 Å². The molecule has 0 spiro atoms. The zero-order valence-electron chi connectivity index (χ0n) is 8.92. The van der Waals surface area contributed by atoms with E-state index in [4.69, 9.17) is 9.78 Å². The number of benzene rings is 1. The van der Waals surface area contributed by atoms with Crippen LogP contribution in [0, 0.1) is 17.2 Å². The lowest BCUT2D eigenvalue weighted by atomic mass is 10.1. The van der Waals surface area contributed by atoms with Crippen LogP contribution in [0.25, 0.3) is 11.4 Å². The number of nitriles is 1. The predicted octanol–water partition coefficient (Wildman–Crippen LogP) is 2.44. The highest BCUT2D eigenvalue weighted by Crippen LogP contribution is 2.16. The fourth-order valence-electron chi connectivity index (χ4n) is 1.35. The lowest BCUT2D eigenvalue weighted by molar-refractivity contribution is 0.369. The van der Waals surface area contributed by atoms with Crippen LogP contribution in [-0.4, -0.2) is 10.1 Å². The highest BCUT2D eigenvalue weighted by atomic mass is 16.5. The van der Waals surface area contributed by atoms with Gasteiger partial charge >= 0.3 is 0 Å². The molecule has 16 heavy (non-hydrogen) atoms. The van der Waals surface area contributed by atoms with Crippen LogP contribution in [0.1, 0.15) is 12.8 Å². The fourth-order valence-corrected chi connectivity index (χ4v) is 1.35. The molecule has 0 saturated heterocycles. The Balaban J connectivity index is 2.18. The van der Waals surface area contributed by atoms with E-state index in [1.54, 1.807) is 0 Å². The monoisotopic (exact) mass is 213 g/mol. The molecule has 80 valence electrons. The van der Waals surface area contributed by atoms with Gasteiger partial charge in [0.25, 0.3) is 0 Å². The Morgan fingerprint density at radius 3 is 2.81 bits per heavy atom. The maximum absolute atomic E-state index is 8.68. The summed E-state index contributed by atoms with van der Waals surface area (Å²) in [6.45, 7) is 1.83. The Morgan fingerprint density at radius 2 is 2.12 bits per heavy atom. The standard InChI is InChI=1S/C12H11N3O/c1-9(8-13)7-11-14-12(15-16-11)10-5-3-2-4-6-10/h2-6,9H,7H2,1H3. The van der Waals surface area contributed by atoms with Crippen molar-refractivity contribution in [1.82, 2.24) is 10.1 Å². The van der Waals surface area contributed by atoms with E-state index in [1.165, 1.54) is 0 Å². The Bertz CT molecular complexity index is 498. The number of hydrogen-bond donors (Lipinski definition) is 0. The molecule has 1 heterocycles. The Kier molecular flexibility index (Phi) is 2.97. The second kappa shape index (κ2) is 4.58. The highest BCUT2D eigenvalue weighted by molar-refractivity contribution is 5.53. The van der Waals surface area contributed by atoms with Gasteiger partial charge in [-0.25, -0.2) is 0 Å². The summed E-state index contributed by atoms with van der Waals surface area (Å²) in [6.07, 6.45) is 0.496. The molecule has 0 fully saturated rings. The van der Waals surface area contributed by atoms with Crippen molar-refractivity contribution in [3.05, 3.63) is 36.2 Å². The van der Waals surface area contributed by atoms with Crippen molar-refractivity contribution in [2.24, 2.45) is 5.92 Å². The quantitative estimate of drug-likeness (QED) is 0.785. The normalized spacial score (nSPS) is 12.0. The molecule has 2 rings (SSSR count). The van der Waals surface area contributed by atoms with Crippen LogP contribution in [0.15, 0.2) is 34.9 Å². The molecule has 1 aromatic carbocycles. The average Bonchev–Trinajstić information content (AvgIpc) is 2.78. The van der Waals surface area contributed by atoms with Crippen molar-refractivity contribution in [1.29, 1.82) is 5.26 Å². The molecule has 0 radical (unpaired) electrons. The SMILES string of the molecule is CC(C#N)Cc1nc(-c2ccccc2)no1. The minimum Gasteiger partial charge on any atom is -0.339 e. The second-order valence-electron chi connectivity index (χ2n) is 3.61. The van der Waals surface area contributed by atoms with Crippen LogP contribution in [0.2, 0.25) is 0 Å². The summed E-state index contributed by atoms with van der Waals surface area (Å²) < 4.78 is 5.08. The molecule has 0 aliphatic carbocycles. The van der Waals surface area contributed by atoms with E-state index in [1.807, 2.05) is 37.3 Å². The average molecular weight is 213 g/mol. The van der Waals surface area contributed by atoms with Crippen LogP contribution < -0.4 is 0 Å². The molecule has 4 nitrogen and oxygen atoms in total. The lowest BCUT2D eigenvalue weighted by Gasteiger charge is -1.93. The first-order chi connectivity index (χ1) is 7.79. The number of rotatable bonds is 3. The predicted molar refractivity (Wildman–Crippen MR) is 58.2 cm³/mol. The number of hydrogen-bond acceptors (Lipinski definition) is 4. The van der Waals surface area contributed by atoms with Gasteiger partial charge in [-0.05, 0) is 6.92 Å². The summed E-state index contributed by atoms with van der Waals surface area (Å²) in [5, 5.41) is 12.6. The van der Waals surface area contributed by atoms with Gasteiger partial charge in [0.2, 0.25) is 11.7 Å². The summed E-state index contributed by atoms with van der Waals surface area (Å²) in [5.41, 5.74) is 0.919. The van der Waals surface area contributed by atoms with Crippen LogP contribution in [0.5, 0.6) is 0 Å². The fraction of sp³-hybridized carbons (Fsp3) is 0.250. The first-order valence-corrected chi connectivity index (χ1v) is 5.07. The third-order valence-electron chi connectivity index (χ3n) is 2.20. The summed E-state index contributed by atoms with van der Waals surface area (Å²) in [6, 6.07) is 11.7. The molecule has 2 aromatic rings. The molecule has 0 bridgehead atoms. The second-order valence-corrected chi connectivity index (χ2v) is 3.61. The van der Waals surface area contributed by atoms with Crippen molar-refractivity contribution in [2.45, 2.75) is 13.3 Å². The number of aromatic nitrogens is 2. The van der Waals surface area contributed by atoms with Gasteiger partial charge in [-0.1, -0.05) is 35.5 Å². The van der Waals surface area contributed by atoms with Gasteiger partial charge in [0.15, 0.2) is 0 Å². The minimum absolute atomic E-state index is 0.107. The van der Waals surface area contributed by atoms with Crippen LogP contribution in [0.4, 0.5) is 0 Å². The molecule has 0 saturated carbocycles. The van der Waals surface area contributed by atoms with Crippen molar-refractivity contribution < 1.29 is 4.52 Å². The maximum Gasteiger partial charge on any atom is 0.228 e. The maximum atomic E-state index is 8.68. The first kappa shape index (κ1) is 10.4. The van der Waals surface area contributed by atoms with Gasteiger partial charge in [-0.2, -0.15) is 10.2 Å². The topological polar surface area (TPSA) is 62.7 Å². The Hall–Kier alpha value is -2.15. The first-order valence-electron chi connectivity index (χ1n) is 5.07. The lowest BCUT2D eigenvalue weighted by Crippen LogP contribution is -1.96. The van der Waals surface area contributed by atoms with E-state index in [0.717, 1.165) is 5.56 Å². The third kappa shape index (κ3) is 2.26. The van der Waals surface area contributed by atoms with Crippen LogP contribution >= 0.6 is 0 Å². The summed E-state index contributed by atoms with van der Waals surface area (Å²) >= 11 is 0. The van der Waals surface area contributed by atoms with Gasteiger partial charge in [0.05, 0.1) is 12.0 Å². The molecule has 1 atom stereocenters. The van der Waals surface area contributed by atoms with Crippen molar-refractivity contribution in [2.75, 3.05) is 0 Å². The molecule has 1 aromatic heterocycles. The summed E-state index contributed by atoms with van der Waals surface area (Å²) in [4.78, 5) is 4.24. The summed E-state index contributed by atoms with van der Waals surface area (Å²) in [7, 11) is 0. The van der Waals surface area contributed by atoms with Gasteiger partial charge in [-0.3, -0.25) is 0 Å². The zero-order chi connectivity index (χ0) is 11.4. The number of nitrogens with zero attached hydrogens (tertiary/aromatic N) is 3. The molecule has 0 amide bonds. The van der Waals surface area contributed by atoms with Gasteiger partial charge in [0.1, 0.15) is 0 Å². The van der Waals surface area contributed by atoms with Crippen molar-refractivity contribution in [3.8, 4) is 17.5 Å². The molecule has 0 aliphatic rings. The minimum atomic E-state index is -0.107. The third-order valence-corrected chi connectivity index (χ3v) is 2.20. The van der Waals surface area contributed by atoms with Crippen LogP contribution in [-0.2, 0) is 6.42 Å². The van der Waals surface area contributed by atoms with Gasteiger partial charge in [-0.15, -0.1) is 0 Å². The molecular weight excluding hydrogens is 202 g/mol. The van der Waals surface area contributed by atoms with Gasteiger partial charge in [0, 0.05) is 12.0 Å². The molecule has 0 aliphatic heterocycles. The van der Waals surface area contributed by atoms with Gasteiger partial charge < -0.3 is 4.52 Å². The van der Waals surface area contributed by atoms with E-state index < -0.39 is 0 Å². The van der Waals surface area contributed by atoms with E-state index in [2.05, 4.69) is 16.2 Å². The molecule has 1 unspecified atom stereocenters. The molecule has 4 heteroatoms. The zero-order valence-corrected chi connectivity index (χ0v) is 8.92. The Morgan fingerprint density at radius 1 is 1.38 bits per heavy atom. The van der Waals surface area contributed by atoms with Crippen LogP contribution in [0.3, 0.4) is 0 Å². The van der Waals surface area contributed by atoms with E-state index in [9.17, 15) is 0 Å². The summed E-state index contributed by atoms with van der Waals surface area (Å²) in [5.74, 6) is 0.970. The van der Waals surface area contributed by atoms with E-state index in [0.29, 0.717) is 18.1 Å². The highest BCUT2D eigenvalue weighted by Gasteiger charge is 2.11. The largest absolute Gasteiger partial charge is 0.339 e. The van der Waals surface area contributed by atoms with Crippen molar-refractivity contribution >= 4 is 0 Å². The van der Waals surface area contributed by atoms with E-state index in [-0.39, 0.29) is 5.92 Å². The molecule has 0 N–H and O–H groups in total. The van der Waals surface area contributed by atoms with E-state index >= 15 is 0 Å². The van der Waals surface area contributed by atoms with Crippen molar-refractivity contribution in [3.63, 3.8) is 0 Å². The smallest absolute Gasteiger partial charge is 0.228 e. The molecular formula is C12H11N3O.